The Balaban J connectivity index is 1.21. The first-order valence-electron chi connectivity index (χ1n) is 19.5. The lowest BCUT2D eigenvalue weighted by molar-refractivity contribution is 0.590. The van der Waals surface area contributed by atoms with Crippen LogP contribution in [0.25, 0.3) is 27.8 Å². The third-order valence-corrected chi connectivity index (χ3v) is 12.6. The summed E-state index contributed by atoms with van der Waals surface area (Å²) in [6, 6.07) is 44.3. The zero-order chi connectivity index (χ0) is 35.6. The quantitative estimate of drug-likeness (QED) is 0.167. The molecule has 10 rings (SSSR count). The van der Waals surface area contributed by atoms with Crippen molar-refractivity contribution < 1.29 is 0 Å². The molecule has 2 spiro atoms. The molecule has 1 unspecified atom stereocenters. The summed E-state index contributed by atoms with van der Waals surface area (Å²) in [5.74, 6) is 0. The standard InChI is InChI=1S/C53H44/c1-3-18-37(38-19-6-4-5-7-20-38)32-31-36(2)39-33-34-43-42-23-10-13-26-46(42)53(51(43)35-39)49-29-16-14-27-47(49)52(48-28-15-17-30-50(48)53)44-24-11-8-21-40(44)41-22-9-12-25-45(41)52/h4,6-14,16-17,19-27,29-30,32-35H,2-3,5,15,18,28,31H2,1H3/b37-32+. The van der Waals surface area contributed by atoms with Crippen LogP contribution < -0.4 is 0 Å². The third kappa shape index (κ3) is 4.42. The molecule has 53 heavy (non-hydrogen) atoms. The van der Waals surface area contributed by atoms with Crippen LogP contribution in [0.1, 0.15) is 84.4 Å². The number of hydrogen-bond donors (Lipinski definition) is 0. The molecule has 0 saturated carbocycles. The largest absolute Gasteiger partial charge is 0.0949 e. The van der Waals surface area contributed by atoms with E-state index >= 15 is 0 Å². The molecule has 0 bridgehead atoms. The molecule has 0 N–H and O–H groups in total. The molecule has 5 aliphatic rings. The van der Waals surface area contributed by atoms with Gasteiger partial charge in [0.25, 0.3) is 0 Å². The molecule has 0 saturated heterocycles. The summed E-state index contributed by atoms with van der Waals surface area (Å²) >= 11 is 0. The zero-order valence-corrected chi connectivity index (χ0v) is 30.5. The van der Waals surface area contributed by atoms with Crippen LogP contribution in [-0.2, 0) is 10.8 Å². The first kappa shape index (κ1) is 32.0. The average Bonchev–Trinajstić information content (AvgIpc) is 3.49. The van der Waals surface area contributed by atoms with Crippen molar-refractivity contribution in [2.45, 2.75) is 56.3 Å². The van der Waals surface area contributed by atoms with Crippen LogP contribution in [0.4, 0.5) is 0 Å². The second-order valence-corrected chi connectivity index (χ2v) is 15.3. The summed E-state index contributed by atoms with van der Waals surface area (Å²) < 4.78 is 0. The molecule has 5 aliphatic carbocycles. The molecule has 0 nitrogen and oxygen atoms in total. The Morgan fingerprint density at radius 1 is 0.642 bits per heavy atom. The summed E-state index contributed by atoms with van der Waals surface area (Å²) in [6.07, 6.45) is 24.7. The van der Waals surface area contributed by atoms with Gasteiger partial charge in [-0.2, -0.15) is 0 Å². The smallest absolute Gasteiger partial charge is 0.0717 e. The van der Waals surface area contributed by atoms with E-state index < -0.39 is 5.41 Å². The zero-order valence-electron chi connectivity index (χ0n) is 30.5. The first-order valence-corrected chi connectivity index (χ1v) is 19.5. The van der Waals surface area contributed by atoms with Gasteiger partial charge in [-0.3, -0.25) is 0 Å². The second kappa shape index (κ2) is 12.5. The fourth-order valence-corrected chi connectivity index (χ4v) is 10.6. The monoisotopic (exact) mass is 680 g/mol. The van der Waals surface area contributed by atoms with Crippen LogP contribution in [0.5, 0.6) is 0 Å². The Labute approximate surface area is 314 Å². The van der Waals surface area contributed by atoms with Gasteiger partial charge in [0.05, 0.1) is 10.8 Å². The molecule has 0 fully saturated rings. The van der Waals surface area contributed by atoms with Crippen molar-refractivity contribution in [1.29, 1.82) is 0 Å². The van der Waals surface area contributed by atoms with Crippen molar-refractivity contribution in [3.63, 3.8) is 0 Å². The molecule has 5 aromatic carbocycles. The Morgan fingerprint density at radius 2 is 1.25 bits per heavy atom. The number of hydrogen-bond acceptors (Lipinski definition) is 0. The first-order chi connectivity index (χ1) is 26.2. The van der Waals surface area contributed by atoms with Crippen molar-refractivity contribution in [2.75, 3.05) is 0 Å². The highest BCUT2D eigenvalue weighted by Crippen LogP contribution is 2.68. The van der Waals surface area contributed by atoms with Crippen molar-refractivity contribution in [3.8, 4) is 22.3 Å². The van der Waals surface area contributed by atoms with Gasteiger partial charge in [0, 0.05) is 0 Å². The summed E-state index contributed by atoms with van der Waals surface area (Å²) in [6.45, 7) is 7.01. The Kier molecular flexibility index (Phi) is 7.51. The molecule has 1 atom stereocenters. The van der Waals surface area contributed by atoms with E-state index in [0.717, 1.165) is 44.1 Å². The van der Waals surface area contributed by atoms with Crippen molar-refractivity contribution in [1.82, 2.24) is 0 Å². The van der Waals surface area contributed by atoms with Gasteiger partial charge in [-0.1, -0.05) is 178 Å². The van der Waals surface area contributed by atoms with Crippen molar-refractivity contribution in [2.24, 2.45) is 0 Å². The summed E-state index contributed by atoms with van der Waals surface area (Å²) in [7, 11) is 0. The van der Waals surface area contributed by atoms with Crippen LogP contribution in [0, 0.1) is 0 Å². The van der Waals surface area contributed by atoms with Gasteiger partial charge in [0.15, 0.2) is 0 Å². The molecular weight excluding hydrogens is 637 g/mol. The molecule has 0 aromatic heterocycles. The van der Waals surface area contributed by atoms with E-state index in [-0.39, 0.29) is 5.41 Å². The highest BCUT2D eigenvalue weighted by molar-refractivity contribution is 5.94. The van der Waals surface area contributed by atoms with Crippen LogP contribution in [0.3, 0.4) is 0 Å². The van der Waals surface area contributed by atoms with Gasteiger partial charge in [-0.05, 0) is 127 Å². The van der Waals surface area contributed by atoms with Gasteiger partial charge in [-0.15, -0.1) is 0 Å². The second-order valence-electron chi connectivity index (χ2n) is 15.3. The van der Waals surface area contributed by atoms with E-state index in [2.05, 4.69) is 171 Å². The fourth-order valence-electron chi connectivity index (χ4n) is 10.6. The predicted molar refractivity (Wildman–Crippen MR) is 223 cm³/mol. The lowest BCUT2D eigenvalue weighted by atomic mass is 9.51. The van der Waals surface area contributed by atoms with Crippen molar-refractivity contribution >= 4 is 5.57 Å². The van der Waals surface area contributed by atoms with E-state index in [9.17, 15) is 0 Å². The summed E-state index contributed by atoms with van der Waals surface area (Å²) in [5, 5.41) is 0. The minimum Gasteiger partial charge on any atom is -0.0949 e. The number of benzene rings is 5. The van der Waals surface area contributed by atoms with Crippen LogP contribution >= 0.6 is 0 Å². The maximum Gasteiger partial charge on any atom is 0.0717 e. The Hall–Kier alpha value is -5.72. The SMILES string of the molecule is C=C(C/C=C(\CCC)C1=CC=CCC=C1)c1ccc2c(c1)C1(C3=C(CCC=C3)C3(c4ccccc4-c4ccccc43)c3ccccc31)c1ccccc1-2. The predicted octanol–water partition coefficient (Wildman–Crippen LogP) is 13.5. The molecule has 0 radical (unpaired) electrons. The number of allylic oxidation sites excluding steroid dienone is 13. The van der Waals surface area contributed by atoms with Crippen LogP contribution in [-0.4, -0.2) is 0 Å². The minimum atomic E-state index is -0.436. The molecule has 256 valence electrons. The van der Waals surface area contributed by atoms with Gasteiger partial charge < -0.3 is 0 Å². The van der Waals surface area contributed by atoms with Gasteiger partial charge in [0.1, 0.15) is 0 Å². The third-order valence-electron chi connectivity index (χ3n) is 12.6. The lowest BCUT2D eigenvalue weighted by Crippen LogP contribution is -2.44. The Morgan fingerprint density at radius 3 is 1.92 bits per heavy atom. The number of rotatable bonds is 6. The highest BCUT2D eigenvalue weighted by Gasteiger charge is 2.59. The minimum absolute atomic E-state index is 0.342. The van der Waals surface area contributed by atoms with E-state index in [0.29, 0.717) is 0 Å². The normalized spacial score (nSPS) is 19.6. The molecule has 0 amide bonds. The van der Waals surface area contributed by atoms with Crippen molar-refractivity contribution in [3.05, 3.63) is 232 Å². The van der Waals surface area contributed by atoms with E-state index in [1.165, 1.54) is 77.9 Å². The molecule has 5 aromatic rings. The van der Waals surface area contributed by atoms with Crippen LogP contribution in [0.2, 0.25) is 0 Å². The van der Waals surface area contributed by atoms with E-state index in [1.54, 1.807) is 5.57 Å². The summed E-state index contributed by atoms with van der Waals surface area (Å²) in [4.78, 5) is 0. The molecular formula is C53H44. The van der Waals surface area contributed by atoms with Gasteiger partial charge >= 0.3 is 0 Å². The maximum absolute atomic E-state index is 4.74. The lowest BCUT2D eigenvalue weighted by Gasteiger charge is -2.50. The maximum atomic E-state index is 4.74. The van der Waals surface area contributed by atoms with Gasteiger partial charge in [-0.25, -0.2) is 0 Å². The van der Waals surface area contributed by atoms with E-state index in [1.807, 2.05) is 0 Å². The summed E-state index contributed by atoms with van der Waals surface area (Å²) in [5.41, 5.74) is 21.2. The molecule has 0 aliphatic heterocycles. The number of fused-ring (bicyclic) bond motifs is 15. The van der Waals surface area contributed by atoms with E-state index in [4.69, 9.17) is 6.58 Å². The average molecular weight is 681 g/mol. The highest BCUT2D eigenvalue weighted by atomic mass is 14.6. The Bertz CT molecular complexity index is 2490. The molecule has 0 heterocycles. The molecule has 0 heteroatoms. The fraction of sp³-hybridized carbons (Fsp3) is 0.170. The van der Waals surface area contributed by atoms with Crippen LogP contribution in [0.15, 0.2) is 193 Å². The van der Waals surface area contributed by atoms with Gasteiger partial charge in [0.2, 0.25) is 0 Å². The topological polar surface area (TPSA) is 0 Å².